The summed E-state index contributed by atoms with van der Waals surface area (Å²) in [5.74, 6) is 0.539. The second-order valence-corrected chi connectivity index (χ2v) is 6.10. The van der Waals surface area contributed by atoms with Crippen molar-refractivity contribution < 1.29 is 9.90 Å². The molecule has 0 saturated heterocycles. The molecule has 4 nitrogen and oxygen atoms in total. The molecule has 0 atom stereocenters. The Bertz CT molecular complexity index is 455. The zero-order valence-corrected chi connectivity index (χ0v) is 11.4. The van der Waals surface area contributed by atoms with Crippen LogP contribution < -0.4 is 10.6 Å². The Morgan fingerprint density at radius 3 is 3.00 bits per heavy atom. The summed E-state index contributed by atoms with van der Waals surface area (Å²) in [5, 5.41) is 15.7. The Hall–Kier alpha value is -1.04. The van der Waals surface area contributed by atoms with Gasteiger partial charge in [-0.1, -0.05) is 6.07 Å². The standard InChI is InChI=1S/C13H18N2O2S/c1-13(2,17)8-14-6-9-3-4-11-10(5-9)15-12(16)7-18-11/h3-5,14,17H,6-8H2,1-2H3,(H,15,16). The molecule has 1 aromatic rings. The van der Waals surface area contributed by atoms with Crippen LogP contribution in [0.4, 0.5) is 5.69 Å². The fourth-order valence-electron chi connectivity index (χ4n) is 1.75. The van der Waals surface area contributed by atoms with Gasteiger partial charge in [-0.2, -0.15) is 0 Å². The molecule has 0 spiro atoms. The number of fused-ring (bicyclic) bond motifs is 1. The van der Waals surface area contributed by atoms with Crippen molar-refractivity contribution in [2.75, 3.05) is 17.6 Å². The van der Waals surface area contributed by atoms with Crippen molar-refractivity contribution in [2.24, 2.45) is 0 Å². The molecule has 2 rings (SSSR count). The Balaban J connectivity index is 1.98. The van der Waals surface area contributed by atoms with Gasteiger partial charge in [-0.3, -0.25) is 4.79 Å². The van der Waals surface area contributed by atoms with E-state index in [1.807, 2.05) is 18.2 Å². The van der Waals surface area contributed by atoms with Crippen molar-refractivity contribution in [1.82, 2.24) is 5.32 Å². The second kappa shape index (κ2) is 5.30. The molecule has 0 bridgehead atoms. The van der Waals surface area contributed by atoms with E-state index in [4.69, 9.17) is 0 Å². The van der Waals surface area contributed by atoms with E-state index in [2.05, 4.69) is 10.6 Å². The first-order chi connectivity index (χ1) is 8.44. The number of anilines is 1. The predicted molar refractivity (Wildman–Crippen MR) is 73.8 cm³/mol. The number of benzene rings is 1. The highest BCUT2D eigenvalue weighted by Gasteiger charge is 2.15. The average Bonchev–Trinajstić information content (AvgIpc) is 2.26. The van der Waals surface area contributed by atoms with E-state index in [0.29, 0.717) is 18.8 Å². The van der Waals surface area contributed by atoms with Crippen molar-refractivity contribution in [3.63, 3.8) is 0 Å². The van der Waals surface area contributed by atoms with Crippen LogP contribution in [0, 0.1) is 0 Å². The van der Waals surface area contributed by atoms with E-state index in [0.717, 1.165) is 16.1 Å². The molecule has 1 heterocycles. The Morgan fingerprint density at radius 2 is 2.28 bits per heavy atom. The van der Waals surface area contributed by atoms with Crippen LogP contribution in [0.15, 0.2) is 23.1 Å². The molecule has 1 aliphatic rings. The molecule has 1 aliphatic heterocycles. The lowest BCUT2D eigenvalue weighted by atomic mass is 10.1. The summed E-state index contributed by atoms with van der Waals surface area (Å²) in [7, 11) is 0. The van der Waals surface area contributed by atoms with Gasteiger partial charge < -0.3 is 15.7 Å². The number of rotatable bonds is 4. The lowest BCUT2D eigenvalue weighted by Gasteiger charge is -2.19. The van der Waals surface area contributed by atoms with Gasteiger partial charge in [0.2, 0.25) is 5.91 Å². The lowest BCUT2D eigenvalue weighted by Crippen LogP contribution is -2.34. The summed E-state index contributed by atoms with van der Waals surface area (Å²) in [6, 6.07) is 6.05. The van der Waals surface area contributed by atoms with E-state index in [1.54, 1.807) is 25.6 Å². The van der Waals surface area contributed by atoms with Crippen LogP contribution >= 0.6 is 11.8 Å². The number of hydrogen-bond donors (Lipinski definition) is 3. The first kappa shape index (κ1) is 13.4. The van der Waals surface area contributed by atoms with Gasteiger partial charge in [-0.25, -0.2) is 0 Å². The minimum absolute atomic E-state index is 0.0501. The number of hydrogen-bond acceptors (Lipinski definition) is 4. The van der Waals surface area contributed by atoms with E-state index in [9.17, 15) is 9.90 Å². The maximum absolute atomic E-state index is 11.3. The molecule has 0 aromatic heterocycles. The van der Waals surface area contributed by atoms with Crippen molar-refractivity contribution >= 4 is 23.4 Å². The molecule has 1 amide bonds. The molecule has 0 fully saturated rings. The Kier molecular flexibility index (Phi) is 3.94. The van der Waals surface area contributed by atoms with E-state index >= 15 is 0 Å². The summed E-state index contributed by atoms with van der Waals surface area (Å²) in [6.45, 7) is 4.75. The average molecular weight is 266 g/mol. The third kappa shape index (κ3) is 3.73. The predicted octanol–water partition coefficient (Wildman–Crippen LogP) is 1.59. The van der Waals surface area contributed by atoms with Crippen LogP contribution in [0.2, 0.25) is 0 Å². The highest BCUT2D eigenvalue weighted by Crippen LogP contribution is 2.31. The van der Waals surface area contributed by atoms with Gasteiger partial charge in [0.25, 0.3) is 0 Å². The summed E-state index contributed by atoms with van der Waals surface area (Å²) < 4.78 is 0. The first-order valence-corrected chi connectivity index (χ1v) is 6.91. The minimum Gasteiger partial charge on any atom is -0.389 e. The first-order valence-electron chi connectivity index (χ1n) is 5.93. The van der Waals surface area contributed by atoms with Gasteiger partial charge in [0.15, 0.2) is 0 Å². The topological polar surface area (TPSA) is 61.4 Å². The molecule has 0 radical (unpaired) electrons. The number of carbonyl (C=O) groups excluding carboxylic acids is 1. The normalized spacial score (nSPS) is 15.2. The molecular formula is C13H18N2O2S. The quantitative estimate of drug-likeness (QED) is 0.774. The molecule has 98 valence electrons. The van der Waals surface area contributed by atoms with E-state index < -0.39 is 5.60 Å². The second-order valence-electron chi connectivity index (χ2n) is 5.08. The van der Waals surface area contributed by atoms with E-state index in [-0.39, 0.29) is 5.91 Å². The zero-order valence-electron chi connectivity index (χ0n) is 10.6. The van der Waals surface area contributed by atoms with Crippen molar-refractivity contribution in [3.8, 4) is 0 Å². The number of carbonyl (C=O) groups is 1. The zero-order chi connectivity index (χ0) is 13.2. The lowest BCUT2D eigenvalue weighted by molar-refractivity contribution is -0.113. The molecule has 18 heavy (non-hydrogen) atoms. The molecule has 5 heteroatoms. The van der Waals surface area contributed by atoms with Gasteiger partial charge in [0.1, 0.15) is 0 Å². The molecule has 0 unspecified atom stereocenters. The number of amides is 1. The SMILES string of the molecule is CC(C)(O)CNCc1ccc2c(c1)NC(=O)CS2. The highest BCUT2D eigenvalue weighted by molar-refractivity contribution is 8.00. The van der Waals surface area contributed by atoms with Crippen LogP contribution in [0.25, 0.3) is 0 Å². The minimum atomic E-state index is -0.710. The van der Waals surface area contributed by atoms with Crippen LogP contribution in [0.1, 0.15) is 19.4 Å². The third-order valence-corrected chi connectivity index (χ3v) is 3.64. The van der Waals surface area contributed by atoms with Gasteiger partial charge in [0, 0.05) is 18.0 Å². The van der Waals surface area contributed by atoms with Gasteiger partial charge in [-0.05, 0) is 31.5 Å². The van der Waals surface area contributed by atoms with Crippen LogP contribution in [0.3, 0.4) is 0 Å². The van der Waals surface area contributed by atoms with Crippen LogP contribution in [0.5, 0.6) is 0 Å². The number of thioether (sulfide) groups is 1. The van der Waals surface area contributed by atoms with Crippen LogP contribution in [-0.4, -0.2) is 28.9 Å². The van der Waals surface area contributed by atoms with E-state index in [1.165, 1.54) is 0 Å². The number of aliphatic hydroxyl groups is 1. The fraction of sp³-hybridized carbons (Fsp3) is 0.462. The summed E-state index contributed by atoms with van der Waals surface area (Å²) in [4.78, 5) is 12.4. The molecule has 0 saturated carbocycles. The maximum Gasteiger partial charge on any atom is 0.234 e. The molecule has 3 N–H and O–H groups in total. The fourth-order valence-corrected chi connectivity index (χ4v) is 2.54. The van der Waals surface area contributed by atoms with Crippen molar-refractivity contribution in [2.45, 2.75) is 30.9 Å². The van der Waals surface area contributed by atoms with Gasteiger partial charge >= 0.3 is 0 Å². The van der Waals surface area contributed by atoms with Crippen LogP contribution in [-0.2, 0) is 11.3 Å². The Morgan fingerprint density at radius 1 is 1.50 bits per heavy atom. The monoisotopic (exact) mass is 266 g/mol. The summed E-state index contributed by atoms with van der Waals surface area (Å²) in [6.07, 6.45) is 0. The molecular weight excluding hydrogens is 248 g/mol. The Labute approximate surface area is 111 Å². The smallest absolute Gasteiger partial charge is 0.234 e. The summed E-state index contributed by atoms with van der Waals surface area (Å²) in [5.41, 5.74) is 1.28. The van der Waals surface area contributed by atoms with Crippen molar-refractivity contribution in [3.05, 3.63) is 23.8 Å². The highest BCUT2D eigenvalue weighted by atomic mass is 32.2. The van der Waals surface area contributed by atoms with Gasteiger partial charge in [0.05, 0.1) is 17.0 Å². The largest absolute Gasteiger partial charge is 0.389 e. The maximum atomic E-state index is 11.3. The molecule has 0 aliphatic carbocycles. The number of nitrogens with one attached hydrogen (secondary N) is 2. The van der Waals surface area contributed by atoms with Gasteiger partial charge in [-0.15, -0.1) is 11.8 Å². The summed E-state index contributed by atoms with van der Waals surface area (Å²) >= 11 is 1.56. The third-order valence-electron chi connectivity index (χ3n) is 2.56. The molecule has 1 aromatic carbocycles. The van der Waals surface area contributed by atoms with Crippen molar-refractivity contribution in [1.29, 1.82) is 0 Å².